The van der Waals surface area contributed by atoms with Gasteiger partial charge in [0.1, 0.15) is 18.2 Å². The highest BCUT2D eigenvalue weighted by molar-refractivity contribution is 9.10. The molecule has 2 rings (SSSR count). The lowest BCUT2D eigenvalue weighted by molar-refractivity contribution is 0.295. The molecule has 1 atom stereocenters. The Labute approximate surface area is 120 Å². The highest BCUT2D eigenvalue weighted by Gasteiger charge is 2.09. The van der Waals surface area contributed by atoms with Crippen LogP contribution >= 0.6 is 15.9 Å². The van der Waals surface area contributed by atoms with Gasteiger partial charge in [-0.3, -0.25) is 0 Å². The van der Waals surface area contributed by atoms with Crippen molar-refractivity contribution in [3.05, 3.63) is 63.9 Å². The van der Waals surface area contributed by atoms with Crippen molar-refractivity contribution in [3.63, 3.8) is 0 Å². The molecule has 0 amide bonds. The summed E-state index contributed by atoms with van der Waals surface area (Å²) < 4.78 is 20.1. The SMILES string of the molecule is CC(N)c1ccccc1OCc1ccc(Br)cc1F. The number of ether oxygens (including phenoxy) is 1. The van der Waals surface area contributed by atoms with Crippen LogP contribution in [0, 0.1) is 5.82 Å². The Morgan fingerprint density at radius 3 is 2.68 bits per heavy atom. The largest absolute Gasteiger partial charge is 0.488 e. The molecule has 2 N–H and O–H groups in total. The molecule has 0 fully saturated rings. The van der Waals surface area contributed by atoms with E-state index >= 15 is 0 Å². The van der Waals surface area contributed by atoms with Crippen LogP contribution < -0.4 is 10.5 Å². The van der Waals surface area contributed by atoms with E-state index < -0.39 is 0 Å². The van der Waals surface area contributed by atoms with Crippen LogP contribution in [0.4, 0.5) is 4.39 Å². The molecule has 4 heteroatoms. The number of hydrogen-bond donors (Lipinski definition) is 1. The van der Waals surface area contributed by atoms with Crippen LogP contribution in [0.3, 0.4) is 0 Å². The van der Waals surface area contributed by atoms with Crippen LogP contribution in [-0.4, -0.2) is 0 Å². The third kappa shape index (κ3) is 3.55. The van der Waals surface area contributed by atoms with Crippen molar-refractivity contribution in [3.8, 4) is 5.75 Å². The van der Waals surface area contributed by atoms with E-state index in [2.05, 4.69) is 15.9 Å². The summed E-state index contributed by atoms with van der Waals surface area (Å²) in [5, 5.41) is 0. The van der Waals surface area contributed by atoms with Gasteiger partial charge in [0, 0.05) is 21.6 Å². The summed E-state index contributed by atoms with van der Waals surface area (Å²) in [5.41, 5.74) is 7.31. The number of para-hydroxylation sites is 1. The summed E-state index contributed by atoms with van der Waals surface area (Å²) in [6.45, 7) is 2.07. The minimum atomic E-state index is -0.285. The van der Waals surface area contributed by atoms with Gasteiger partial charge in [0.25, 0.3) is 0 Å². The van der Waals surface area contributed by atoms with Gasteiger partial charge in [-0.1, -0.05) is 40.2 Å². The van der Waals surface area contributed by atoms with Crippen LogP contribution in [0.25, 0.3) is 0 Å². The van der Waals surface area contributed by atoms with Crippen molar-refractivity contribution >= 4 is 15.9 Å². The summed E-state index contributed by atoms with van der Waals surface area (Å²) in [5.74, 6) is 0.410. The van der Waals surface area contributed by atoms with Crippen molar-refractivity contribution in [1.29, 1.82) is 0 Å². The molecule has 0 saturated carbocycles. The second-order valence-electron chi connectivity index (χ2n) is 4.35. The molecule has 2 aromatic carbocycles. The van der Waals surface area contributed by atoms with E-state index in [0.717, 1.165) is 5.56 Å². The highest BCUT2D eigenvalue weighted by atomic mass is 79.9. The van der Waals surface area contributed by atoms with Crippen molar-refractivity contribution in [2.45, 2.75) is 19.6 Å². The summed E-state index contributed by atoms with van der Waals surface area (Å²) in [6, 6.07) is 12.3. The van der Waals surface area contributed by atoms with Gasteiger partial charge < -0.3 is 10.5 Å². The predicted molar refractivity (Wildman–Crippen MR) is 77.5 cm³/mol. The van der Waals surface area contributed by atoms with Gasteiger partial charge in [-0.25, -0.2) is 4.39 Å². The Bertz CT molecular complexity index is 572. The van der Waals surface area contributed by atoms with Gasteiger partial charge >= 0.3 is 0 Å². The maximum atomic E-state index is 13.7. The first kappa shape index (κ1) is 14.0. The summed E-state index contributed by atoms with van der Waals surface area (Å²) in [6.07, 6.45) is 0. The number of benzene rings is 2. The molecule has 0 spiro atoms. The average molecular weight is 324 g/mol. The Morgan fingerprint density at radius 1 is 1.26 bits per heavy atom. The third-order valence-corrected chi connectivity index (χ3v) is 3.30. The topological polar surface area (TPSA) is 35.2 Å². The quantitative estimate of drug-likeness (QED) is 0.915. The van der Waals surface area contributed by atoms with Crippen LogP contribution in [0.5, 0.6) is 5.75 Å². The summed E-state index contributed by atoms with van der Waals surface area (Å²) >= 11 is 3.23. The van der Waals surface area contributed by atoms with Crippen LogP contribution in [0.2, 0.25) is 0 Å². The second kappa shape index (κ2) is 6.17. The zero-order valence-electron chi connectivity index (χ0n) is 10.6. The molecule has 2 nitrogen and oxygen atoms in total. The zero-order valence-corrected chi connectivity index (χ0v) is 12.2. The van der Waals surface area contributed by atoms with E-state index in [-0.39, 0.29) is 18.5 Å². The lowest BCUT2D eigenvalue weighted by atomic mass is 10.1. The molecule has 0 aliphatic carbocycles. The third-order valence-electron chi connectivity index (χ3n) is 2.81. The molecule has 0 aromatic heterocycles. The van der Waals surface area contributed by atoms with Crippen molar-refractivity contribution in [2.75, 3.05) is 0 Å². The first-order valence-electron chi connectivity index (χ1n) is 5.99. The van der Waals surface area contributed by atoms with E-state index in [1.54, 1.807) is 12.1 Å². The Hall–Kier alpha value is -1.39. The van der Waals surface area contributed by atoms with Gasteiger partial charge in [0.2, 0.25) is 0 Å². The molecule has 100 valence electrons. The minimum Gasteiger partial charge on any atom is -0.488 e. The fraction of sp³-hybridized carbons (Fsp3) is 0.200. The van der Waals surface area contributed by atoms with Crippen LogP contribution in [-0.2, 0) is 6.61 Å². The monoisotopic (exact) mass is 323 g/mol. The molecule has 0 aliphatic rings. The smallest absolute Gasteiger partial charge is 0.130 e. The normalized spacial score (nSPS) is 12.2. The van der Waals surface area contributed by atoms with Crippen molar-refractivity contribution in [2.24, 2.45) is 5.73 Å². The summed E-state index contributed by atoms with van der Waals surface area (Å²) in [4.78, 5) is 0. The molecule has 0 saturated heterocycles. The Kier molecular flexibility index (Phi) is 4.56. The minimum absolute atomic E-state index is 0.119. The first-order valence-corrected chi connectivity index (χ1v) is 6.78. The van der Waals surface area contributed by atoms with Gasteiger partial charge in [-0.05, 0) is 25.1 Å². The number of hydrogen-bond acceptors (Lipinski definition) is 2. The standard InChI is InChI=1S/C15H15BrFNO/c1-10(18)13-4-2-3-5-15(13)19-9-11-6-7-12(16)8-14(11)17/h2-8,10H,9,18H2,1H3. The van der Waals surface area contributed by atoms with E-state index in [4.69, 9.17) is 10.5 Å². The van der Waals surface area contributed by atoms with Gasteiger partial charge in [0.05, 0.1) is 0 Å². The second-order valence-corrected chi connectivity index (χ2v) is 5.27. The lowest BCUT2D eigenvalue weighted by Crippen LogP contribution is -2.08. The maximum Gasteiger partial charge on any atom is 0.130 e. The number of rotatable bonds is 4. The van der Waals surface area contributed by atoms with E-state index in [1.165, 1.54) is 6.07 Å². The molecular formula is C15H15BrFNO. The van der Waals surface area contributed by atoms with E-state index in [0.29, 0.717) is 15.8 Å². The molecule has 0 bridgehead atoms. The molecule has 19 heavy (non-hydrogen) atoms. The highest BCUT2D eigenvalue weighted by Crippen LogP contribution is 2.25. The van der Waals surface area contributed by atoms with E-state index in [1.807, 2.05) is 31.2 Å². The molecule has 0 heterocycles. The van der Waals surface area contributed by atoms with Crippen LogP contribution in [0.1, 0.15) is 24.1 Å². The molecule has 2 aromatic rings. The molecule has 1 unspecified atom stereocenters. The van der Waals surface area contributed by atoms with Gasteiger partial charge in [-0.15, -0.1) is 0 Å². The van der Waals surface area contributed by atoms with E-state index in [9.17, 15) is 4.39 Å². The van der Waals surface area contributed by atoms with Gasteiger partial charge in [-0.2, -0.15) is 0 Å². The Balaban J connectivity index is 2.14. The van der Waals surface area contributed by atoms with Crippen molar-refractivity contribution in [1.82, 2.24) is 0 Å². The van der Waals surface area contributed by atoms with Crippen LogP contribution in [0.15, 0.2) is 46.9 Å². The number of halogens is 2. The fourth-order valence-electron chi connectivity index (χ4n) is 1.78. The fourth-order valence-corrected chi connectivity index (χ4v) is 2.12. The zero-order chi connectivity index (χ0) is 13.8. The molecular weight excluding hydrogens is 309 g/mol. The predicted octanol–water partition coefficient (Wildman–Crippen LogP) is 4.19. The van der Waals surface area contributed by atoms with Gasteiger partial charge in [0.15, 0.2) is 0 Å². The Morgan fingerprint density at radius 2 is 2.00 bits per heavy atom. The summed E-state index contributed by atoms with van der Waals surface area (Å²) in [7, 11) is 0. The maximum absolute atomic E-state index is 13.7. The number of nitrogens with two attached hydrogens (primary N) is 1. The van der Waals surface area contributed by atoms with Crippen molar-refractivity contribution < 1.29 is 9.13 Å². The average Bonchev–Trinajstić information content (AvgIpc) is 2.38. The lowest BCUT2D eigenvalue weighted by Gasteiger charge is -2.14. The first-order chi connectivity index (χ1) is 9.08. The molecule has 0 aliphatic heterocycles. The molecule has 0 radical (unpaired) electrons.